The fourth-order valence-corrected chi connectivity index (χ4v) is 2.13. The molecule has 2 rings (SSSR count). The molecule has 2 nitrogen and oxygen atoms in total. The van der Waals surface area contributed by atoms with Crippen molar-refractivity contribution in [3.05, 3.63) is 29.3 Å². The Morgan fingerprint density at radius 1 is 1.43 bits per heavy atom. The largest absolute Gasteiger partial charge is 0.497 e. The summed E-state index contributed by atoms with van der Waals surface area (Å²) in [5, 5.41) is 9.72. The van der Waals surface area contributed by atoms with Gasteiger partial charge in [0.15, 0.2) is 0 Å². The van der Waals surface area contributed by atoms with Crippen LogP contribution in [0.15, 0.2) is 18.2 Å². The molecule has 0 aromatic heterocycles. The molecule has 2 heteroatoms. The summed E-state index contributed by atoms with van der Waals surface area (Å²) in [6, 6.07) is 6.12. The maximum Gasteiger partial charge on any atom is 0.119 e. The van der Waals surface area contributed by atoms with Crippen molar-refractivity contribution in [2.45, 2.75) is 31.8 Å². The van der Waals surface area contributed by atoms with Gasteiger partial charge in [0.05, 0.1) is 13.2 Å². The predicted molar refractivity (Wildman–Crippen MR) is 55.7 cm³/mol. The minimum absolute atomic E-state index is 0.184. The topological polar surface area (TPSA) is 29.5 Å². The zero-order chi connectivity index (χ0) is 10.1. The number of aliphatic hydroxyl groups excluding tert-OH is 1. The van der Waals surface area contributed by atoms with E-state index in [0.29, 0.717) is 0 Å². The average Bonchev–Trinajstić information content (AvgIpc) is 2.23. The molecule has 0 heterocycles. The third-order valence-electron chi connectivity index (χ3n) is 3.13. The number of benzene rings is 1. The van der Waals surface area contributed by atoms with Crippen molar-refractivity contribution in [2.75, 3.05) is 7.11 Å². The monoisotopic (exact) mass is 192 g/mol. The Kier molecular flexibility index (Phi) is 2.46. The second kappa shape index (κ2) is 3.62. The molecule has 0 saturated heterocycles. The van der Waals surface area contributed by atoms with Gasteiger partial charge in [0.2, 0.25) is 0 Å². The number of rotatable bonds is 1. The Hall–Kier alpha value is -1.02. The first-order valence-electron chi connectivity index (χ1n) is 5.07. The highest BCUT2D eigenvalue weighted by Gasteiger charge is 2.24. The van der Waals surface area contributed by atoms with Gasteiger partial charge in [0.25, 0.3) is 0 Å². The maximum absolute atomic E-state index is 9.72. The molecule has 76 valence electrons. The van der Waals surface area contributed by atoms with Gasteiger partial charge in [-0.25, -0.2) is 0 Å². The molecule has 2 unspecified atom stereocenters. The summed E-state index contributed by atoms with van der Waals surface area (Å²) in [5.74, 6) is 1.16. The second-order valence-electron chi connectivity index (χ2n) is 3.96. The molecule has 0 fully saturated rings. The van der Waals surface area contributed by atoms with E-state index in [1.807, 2.05) is 6.07 Å². The van der Waals surface area contributed by atoms with Gasteiger partial charge in [-0.2, -0.15) is 0 Å². The molecule has 1 aliphatic rings. The highest BCUT2D eigenvalue weighted by Crippen LogP contribution is 2.33. The van der Waals surface area contributed by atoms with Crippen LogP contribution in [0.25, 0.3) is 0 Å². The minimum Gasteiger partial charge on any atom is -0.497 e. The van der Waals surface area contributed by atoms with Crippen molar-refractivity contribution in [1.29, 1.82) is 0 Å². The number of methoxy groups -OCH3 is 1. The molecular formula is C12H16O2. The third kappa shape index (κ3) is 1.50. The molecular weight excluding hydrogens is 176 g/mol. The maximum atomic E-state index is 9.72. The van der Waals surface area contributed by atoms with Gasteiger partial charge in [0, 0.05) is 5.92 Å². The Balaban J connectivity index is 2.38. The van der Waals surface area contributed by atoms with Crippen molar-refractivity contribution in [1.82, 2.24) is 0 Å². The van der Waals surface area contributed by atoms with Crippen molar-refractivity contribution >= 4 is 0 Å². The fourth-order valence-electron chi connectivity index (χ4n) is 2.13. The summed E-state index contributed by atoms with van der Waals surface area (Å²) in [6.45, 7) is 2.08. The second-order valence-corrected chi connectivity index (χ2v) is 3.96. The van der Waals surface area contributed by atoms with Gasteiger partial charge < -0.3 is 9.84 Å². The molecule has 0 radical (unpaired) electrons. The molecule has 0 bridgehead atoms. The van der Waals surface area contributed by atoms with Crippen LogP contribution in [0.3, 0.4) is 0 Å². The van der Waals surface area contributed by atoms with E-state index in [1.54, 1.807) is 7.11 Å². The molecule has 0 aliphatic heterocycles. The van der Waals surface area contributed by atoms with Gasteiger partial charge in [-0.3, -0.25) is 0 Å². The van der Waals surface area contributed by atoms with Gasteiger partial charge in [-0.15, -0.1) is 0 Å². The lowest BCUT2D eigenvalue weighted by atomic mass is 9.82. The summed E-state index contributed by atoms with van der Waals surface area (Å²) in [4.78, 5) is 0. The van der Waals surface area contributed by atoms with Crippen LogP contribution >= 0.6 is 0 Å². The smallest absolute Gasteiger partial charge is 0.119 e. The van der Waals surface area contributed by atoms with Gasteiger partial charge in [-0.05, 0) is 36.1 Å². The van der Waals surface area contributed by atoms with E-state index in [2.05, 4.69) is 19.1 Å². The van der Waals surface area contributed by atoms with E-state index >= 15 is 0 Å². The van der Waals surface area contributed by atoms with Gasteiger partial charge in [-0.1, -0.05) is 13.0 Å². The Morgan fingerprint density at radius 3 is 2.93 bits per heavy atom. The number of hydrogen-bond acceptors (Lipinski definition) is 2. The Bertz CT molecular complexity index is 333. The molecule has 14 heavy (non-hydrogen) atoms. The fraction of sp³-hybridized carbons (Fsp3) is 0.500. The average molecular weight is 192 g/mol. The number of aliphatic hydroxyl groups is 1. The summed E-state index contributed by atoms with van der Waals surface area (Å²) in [6.07, 6.45) is 1.63. The van der Waals surface area contributed by atoms with E-state index in [-0.39, 0.29) is 12.0 Å². The number of ether oxygens (including phenoxy) is 1. The van der Waals surface area contributed by atoms with Crippen molar-refractivity contribution in [3.8, 4) is 5.75 Å². The first-order chi connectivity index (χ1) is 6.72. The molecule has 1 aromatic rings. The summed E-state index contributed by atoms with van der Waals surface area (Å²) in [5.41, 5.74) is 2.59. The van der Waals surface area contributed by atoms with E-state index in [1.165, 1.54) is 11.1 Å². The zero-order valence-corrected chi connectivity index (χ0v) is 8.66. The highest BCUT2D eigenvalue weighted by atomic mass is 16.5. The normalized spacial score (nSPS) is 25.6. The highest BCUT2D eigenvalue weighted by molar-refractivity contribution is 5.39. The molecule has 0 spiro atoms. The van der Waals surface area contributed by atoms with E-state index < -0.39 is 0 Å². The zero-order valence-electron chi connectivity index (χ0n) is 8.66. The molecule has 1 aliphatic carbocycles. The van der Waals surface area contributed by atoms with Crippen LogP contribution in [0.1, 0.15) is 30.4 Å². The van der Waals surface area contributed by atoms with Crippen LogP contribution in [-0.4, -0.2) is 18.3 Å². The van der Waals surface area contributed by atoms with Crippen LogP contribution in [0.5, 0.6) is 5.75 Å². The van der Waals surface area contributed by atoms with E-state index in [9.17, 15) is 5.11 Å². The lowest BCUT2D eigenvalue weighted by Crippen LogP contribution is -2.22. The third-order valence-corrected chi connectivity index (χ3v) is 3.13. The molecule has 2 atom stereocenters. The van der Waals surface area contributed by atoms with Crippen LogP contribution in [0, 0.1) is 0 Å². The SMILES string of the molecule is COc1ccc2c(c1)CCC(O)C2C. The lowest BCUT2D eigenvalue weighted by molar-refractivity contribution is 0.132. The standard InChI is InChI=1S/C12H16O2/c1-8-11-5-4-10(14-2)7-9(11)3-6-12(8)13/h4-5,7-8,12-13H,3,6H2,1-2H3. The van der Waals surface area contributed by atoms with Crippen LogP contribution in [0.2, 0.25) is 0 Å². The predicted octanol–water partition coefficient (Wildman–Crippen LogP) is 2.11. The van der Waals surface area contributed by atoms with Gasteiger partial charge >= 0.3 is 0 Å². The molecule has 1 aromatic carbocycles. The van der Waals surface area contributed by atoms with Crippen molar-refractivity contribution in [2.24, 2.45) is 0 Å². The summed E-state index contributed by atoms with van der Waals surface area (Å²) >= 11 is 0. The van der Waals surface area contributed by atoms with Crippen LogP contribution < -0.4 is 4.74 Å². The number of aryl methyl sites for hydroxylation is 1. The Labute approximate surface area is 84.5 Å². The van der Waals surface area contributed by atoms with Gasteiger partial charge in [0.1, 0.15) is 5.75 Å². The van der Waals surface area contributed by atoms with Crippen LogP contribution in [0.4, 0.5) is 0 Å². The molecule has 1 N–H and O–H groups in total. The first kappa shape index (κ1) is 9.53. The van der Waals surface area contributed by atoms with E-state index in [0.717, 1.165) is 18.6 Å². The first-order valence-corrected chi connectivity index (χ1v) is 5.07. The summed E-state index contributed by atoms with van der Waals surface area (Å²) < 4.78 is 5.18. The van der Waals surface area contributed by atoms with Crippen molar-refractivity contribution < 1.29 is 9.84 Å². The minimum atomic E-state index is -0.184. The van der Waals surface area contributed by atoms with Crippen LogP contribution in [-0.2, 0) is 6.42 Å². The van der Waals surface area contributed by atoms with Crippen molar-refractivity contribution in [3.63, 3.8) is 0 Å². The summed E-state index contributed by atoms with van der Waals surface area (Å²) in [7, 11) is 1.68. The molecule has 0 amide bonds. The molecule has 0 saturated carbocycles. The quantitative estimate of drug-likeness (QED) is 0.738. The number of hydrogen-bond donors (Lipinski definition) is 1. The lowest BCUT2D eigenvalue weighted by Gasteiger charge is -2.27. The Morgan fingerprint density at radius 2 is 2.21 bits per heavy atom. The number of fused-ring (bicyclic) bond motifs is 1. The van der Waals surface area contributed by atoms with E-state index in [4.69, 9.17) is 4.74 Å².